The van der Waals surface area contributed by atoms with Crippen LogP contribution in [0.3, 0.4) is 0 Å². The van der Waals surface area contributed by atoms with Crippen molar-refractivity contribution in [2.45, 2.75) is 25.7 Å². The first-order valence-corrected chi connectivity index (χ1v) is 7.00. The zero-order chi connectivity index (χ0) is 9.45. The normalized spacial score (nSPS) is 10.4. The molecule has 14 heavy (non-hydrogen) atoms. The minimum atomic E-state index is -4.02. The standard InChI is InChI=1S/C6H16NO3S2.2Na/c7-5-3-1-2-4-6-11-12(8,9)10;;/h11H,1-7H2,(H,8,9,10);;/q-1;2*+1/p-1. The summed E-state index contributed by atoms with van der Waals surface area (Å²) in [5, 5.41) is 0. The van der Waals surface area contributed by atoms with Crippen molar-refractivity contribution in [1.29, 1.82) is 0 Å². The van der Waals surface area contributed by atoms with E-state index in [1.165, 1.54) is 0 Å². The van der Waals surface area contributed by atoms with Gasteiger partial charge in [-0.05, 0) is 13.0 Å². The molecule has 0 radical (unpaired) electrons. The topological polar surface area (TPSA) is 83.2 Å². The second-order valence-corrected chi connectivity index (χ2v) is 6.16. The number of thiol groups is 1. The molecule has 0 saturated carbocycles. The van der Waals surface area contributed by atoms with Crippen molar-refractivity contribution < 1.29 is 72.1 Å². The van der Waals surface area contributed by atoms with Crippen LogP contribution in [0.4, 0.5) is 0 Å². The SMILES string of the molecule is NCCCCCC[SH-]S(=O)(=O)[O-].[Na+].[Na+]. The zero-order valence-electron chi connectivity index (χ0n) is 8.90. The Kier molecular flexibility index (Phi) is 20.4. The van der Waals surface area contributed by atoms with Crippen molar-refractivity contribution in [2.24, 2.45) is 5.73 Å². The van der Waals surface area contributed by atoms with Crippen molar-refractivity contribution in [2.75, 3.05) is 12.3 Å². The molecule has 0 aromatic heterocycles. The molecular formula is C6H15NNa2O3S2. The van der Waals surface area contributed by atoms with E-state index in [1.807, 2.05) is 0 Å². The Morgan fingerprint density at radius 2 is 1.57 bits per heavy atom. The number of hydrogen-bond acceptors (Lipinski definition) is 5. The van der Waals surface area contributed by atoms with Crippen molar-refractivity contribution in [3.8, 4) is 0 Å². The van der Waals surface area contributed by atoms with E-state index in [1.54, 1.807) is 0 Å². The molecule has 0 atom stereocenters. The maximum Gasteiger partial charge on any atom is 1.00 e. The molecule has 0 fully saturated rings. The third-order valence-electron chi connectivity index (χ3n) is 1.36. The monoisotopic (exact) mass is 259 g/mol. The molecule has 0 bridgehead atoms. The van der Waals surface area contributed by atoms with Crippen LogP contribution in [-0.4, -0.2) is 25.3 Å². The maximum absolute atomic E-state index is 10.1. The van der Waals surface area contributed by atoms with Crippen molar-refractivity contribution in [3.05, 3.63) is 0 Å². The Hall–Kier alpha value is 2.22. The molecule has 2 N–H and O–H groups in total. The Morgan fingerprint density at radius 3 is 2.00 bits per heavy atom. The van der Waals surface area contributed by atoms with Crippen LogP contribution in [-0.2, 0) is 19.9 Å². The van der Waals surface area contributed by atoms with Gasteiger partial charge in [0.25, 0.3) is 0 Å². The van der Waals surface area contributed by atoms with E-state index in [2.05, 4.69) is 0 Å². The first-order valence-electron chi connectivity index (χ1n) is 3.91. The van der Waals surface area contributed by atoms with Gasteiger partial charge in [-0.3, -0.25) is 8.42 Å². The summed E-state index contributed by atoms with van der Waals surface area (Å²) >= 11 is 0. The summed E-state index contributed by atoms with van der Waals surface area (Å²) < 4.78 is 30.4. The molecule has 0 heterocycles. The molecule has 0 aromatic carbocycles. The Bertz CT molecular complexity index is 199. The molecule has 0 aliphatic carbocycles. The molecule has 0 amide bonds. The van der Waals surface area contributed by atoms with Crippen LogP contribution in [0, 0.1) is 0 Å². The van der Waals surface area contributed by atoms with Gasteiger partial charge in [0, 0.05) is 9.15 Å². The number of rotatable bonds is 7. The van der Waals surface area contributed by atoms with Crippen LogP contribution in [0.1, 0.15) is 25.7 Å². The quantitative estimate of drug-likeness (QED) is 0.123. The summed E-state index contributed by atoms with van der Waals surface area (Å²) in [4.78, 5) is 0. The molecule has 0 unspecified atom stereocenters. The predicted octanol–water partition coefficient (Wildman–Crippen LogP) is -6.21. The molecule has 0 saturated heterocycles. The molecule has 0 spiro atoms. The van der Waals surface area contributed by atoms with E-state index in [0.717, 1.165) is 25.7 Å². The fourth-order valence-corrected chi connectivity index (χ4v) is 2.42. The van der Waals surface area contributed by atoms with Crippen LogP contribution in [0.25, 0.3) is 0 Å². The summed E-state index contributed by atoms with van der Waals surface area (Å²) in [6.07, 6.45) is 3.74. The number of unbranched alkanes of at least 4 members (excludes halogenated alkanes) is 3. The fraction of sp³-hybridized carbons (Fsp3) is 1.00. The van der Waals surface area contributed by atoms with Gasteiger partial charge in [0.1, 0.15) is 0 Å². The average molecular weight is 259 g/mol. The van der Waals surface area contributed by atoms with E-state index in [9.17, 15) is 13.0 Å². The van der Waals surface area contributed by atoms with Crippen LogP contribution in [0.5, 0.6) is 0 Å². The third-order valence-corrected chi connectivity index (χ3v) is 3.67. The summed E-state index contributed by atoms with van der Waals surface area (Å²) in [6, 6.07) is 0. The fourth-order valence-electron chi connectivity index (χ4n) is 0.786. The summed E-state index contributed by atoms with van der Waals surface area (Å²) in [7, 11) is -4.01. The molecule has 76 valence electrons. The summed E-state index contributed by atoms with van der Waals surface area (Å²) in [5.41, 5.74) is 5.26. The zero-order valence-corrected chi connectivity index (χ0v) is 14.6. The number of hydrogen-bond donors (Lipinski definition) is 1. The molecule has 4 nitrogen and oxygen atoms in total. The van der Waals surface area contributed by atoms with Gasteiger partial charge in [0.15, 0.2) is 0 Å². The molecule has 0 rings (SSSR count). The van der Waals surface area contributed by atoms with Gasteiger partial charge in [0.2, 0.25) is 0 Å². The van der Waals surface area contributed by atoms with Gasteiger partial charge < -0.3 is 21.1 Å². The van der Waals surface area contributed by atoms with Crippen LogP contribution < -0.4 is 64.8 Å². The summed E-state index contributed by atoms with van der Waals surface area (Å²) in [6.45, 7) is 0.678. The second-order valence-electron chi connectivity index (χ2n) is 2.48. The third kappa shape index (κ3) is 19.7. The van der Waals surface area contributed by atoms with E-state index < -0.39 is 9.15 Å². The Balaban J connectivity index is -0.000000605. The van der Waals surface area contributed by atoms with Gasteiger partial charge in [-0.25, -0.2) is 0 Å². The molecular weight excluding hydrogens is 244 g/mol. The van der Waals surface area contributed by atoms with Crippen molar-refractivity contribution >= 4 is 19.9 Å². The smallest absolute Gasteiger partial charge is 0.766 e. The van der Waals surface area contributed by atoms with Crippen LogP contribution >= 0.6 is 0 Å². The minimum absolute atomic E-state index is 0. The molecule has 0 aromatic rings. The van der Waals surface area contributed by atoms with E-state index in [-0.39, 0.29) is 69.9 Å². The molecule has 8 heteroatoms. The minimum Gasteiger partial charge on any atom is -0.766 e. The van der Waals surface area contributed by atoms with E-state index >= 15 is 0 Å². The van der Waals surface area contributed by atoms with Gasteiger partial charge in [-0.1, -0.05) is 19.3 Å². The van der Waals surface area contributed by atoms with Crippen LogP contribution in [0.15, 0.2) is 0 Å². The Labute approximate surface area is 134 Å². The van der Waals surface area contributed by atoms with Gasteiger partial charge in [0.05, 0.1) is 0 Å². The maximum atomic E-state index is 10.1. The van der Waals surface area contributed by atoms with Gasteiger partial charge in [-0.15, -0.1) is 5.75 Å². The van der Waals surface area contributed by atoms with E-state index in [0.29, 0.717) is 12.3 Å². The first-order chi connectivity index (χ1) is 5.56. The first kappa shape index (κ1) is 21.5. The van der Waals surface area contributed by atoms with E-state index in [4.69, 9.17) is 5.73 Å². The van der Waals surface area contributed by atoms with Crippen molar-refractivity contribution in [3.63, 3.8) is 0 Å². The van der Waals surface area contributed by atoms with Crippen molar-refractivity contribution in [1.82, 2.24) is 0 Å². The van der Waals surface area contributed by atoms with Crippen LogP contribution in [0.2, 0.25) is 0 Å². The average Bonchev–Trinajstić information content (AvgIpc) is 1.94. The predicted molar refractivity (Wildman–Crippen MR) is 50.8 cm³/mol. The van der Waals surface area contributed by atoms with Gasteiger partial charge in [-0.2, -0.15) is 0 Å². The molecule has 0 aliphatic heterocycles. The second kappa shape index (κ2) is 13.3. The largest absolute Gasteiger partial charge is 1.00 e. The summed E-state index contributed by atoms with van der Waals surface area (Å²) in [5.74, 6) is 0.455. The number of nitrogens with two attached hydrogens (primary N) is 1. The molecule has 0 aliphatic rings. The Morgan fingerprint density at radius 1 is 1.07 bits per heavy atom. The van der Waals surface area contributed by atoms with Gasteiger partial charge >= 0.3 is 59.1 Å².